The number of nitrogens with one attached hydrogen (secondary N) is 1. The van der Waals surface area contributed by atoms with Gasteiger partial charge in [-0.2, -0.15) is 0 Å². The molecule has 106 valence electrons. The van der Waals surface area contributed by atoms with E-state index in [-0.39, 0.29) is 0 Å². The molecule has 1 fully saturated rings. The van der Waals surface area contributed by atoms with Crippen molar-refractivity contribution in [2.75, 3.05) is 19.7 Å². The Morgan fingerprint density at radius 2 is 1.80 bits per heavy atom. The van der Waals surface area contributed by atoms with Crippen LogP contribution in [-0.2, 0) is 0 Å². The van der Waals surface area contributed by atoms with Gasteiger partial charge < -0.3 is 10.1 Å². The molecule has 1 N–H and O–H groups in total. The summed E-state index contributed by atoms with van der Waals surface area (Å²) in [5, 5.41) is 6.35. The summed E-state index contributed by atoms with van der Waals surface area (Å²) in [6.07, 6.45) is 3.67. The van der Waals surface area contributed by atoms with Crippen molar-refractivity contribution in [2.24, 2.45) is 5.92 Å². The average molecular weight is 290 g/mol. The van der Waals surface area contributed by atoms with E-state index in [0.717, 1.165) is 53.6 Å². The van der Waals surface area contributed by atoms with Gasteiger partial charge in [0.05, 0.1) is 6.61 Å². The molecule has 3 rings (SSSR count). The van der Waals surface area contributed by atoms with Crippen LogP contribution in [0.5, 0.6) is 5.75 Å². The summed E-state index contributed by atoms with van der Waals surface area (Å²) in [4.78, 5) is 0. The SMILES string of the molecule is Clc1ccc(OCCC2CCNCC2)c2ccccc12. The van der Waals surface area contributed by atoms with Gasteiger partial charge in [-0.25, -0.2) is 0 Å². The van der Waals surface area contributed by atoms with Gasteiger partial charge in [-0.05, 0) is 50.4 Å². The molecule has 0 radical (unpaired) electrons. The van der Waals surface area contributed by atoms with Crippen molar-refractivity contribution >= 4 is 22.4 Å². The second-order valence-corrected chi connectivity index (χ2v) is 5.83. The Labute approximate surface area is 125 Å². The fraction of sp³-hybridized carbons (Fsp3) is 0.412. The molecule has 1 saturated heterocycles. The van der Waals surface area contributed by atoms with Gasteiger partial charge in [0.15, 0.2) is 0 Å². The lowest BCUT2D eigenvalue weighted by Crippen LogP contribution is -2.28. The summed E-state index contributed by atoms with van der Waals surface area (Å²) in [7, 11) is 0. The molecule has 20 heavy (non-hydrogen) atoms. The standard InChI is InChI=1S/C17H20ClNO/c18-16-5-6-17(15-4-2-1-3-14(15)16)20-12-9-13-7-10-19-11-8-13/h1-6,13,19H,7-12H2. The number of benzene rings is 2. The molecule has 0 aliphatic carbocycles. The predicted octanol–water partition coefficient (Wildman–Crippen LogP) is 4.26. The zero-order chi connectivity index (χ0) is 13.8. The lowest BCUT2D eigenvalue weighted by molar-refractivity contribution is 0.254. The topological polar surface area (TPSA) is 21.3 Å². The van der Waals surface area contributed by atoms with Gasteiger partial charge in [-0.15, -0.1) is 0 Å². The maximum Gasteiger partial charge on any atom is 0.127 e. The molecule has 0 atom stereocenters. The highest BCUT2D eigenvalue weighted by Crippen LogP contribution is 2.31. The molecule has 3 heteroatoms. The van der Waals surface area contributed by atoms with Gasteiger partial charge in [0.25, 0.3) is 0 Å². The van der Waals surface area contributed by atoms with Gasteiger partial charge in [-0.3, -0.25) is 0 Å². The Bertz CT molecular complexity index is 578. The number of rotatable bonds is 4. The van der Waals surface area contributed by atoms with Crippen LogP contribution in [0.25, 0.3) is 10.8 Å². The van der Waals surface area contributed by atoms with Crippen LogP contribution in [0.3, 0.4) is 0 Å². The van der Waals surface area contributed by atoms with E-state index in [4.69, 9.17) is 16.3 Å². The van der Waals surface area contributed by atoms with Gasteiger partial charge in [-0.1, -0.05) is 35.9 Å². The van der Waals surface area contributed by atoms with Crippen LogP contribution >= 0.6 is 11.6 Å². The Hall–Kier alpha value is -1.25. The van der Waals surface area contributed by atoms with E-state index in [0.29, 0.717) is 0 Å². The van der Waals surface area contributed by atoms with E-state index in [1.165, 1.54) is 12.8 Å². The van der Waals surface area contributed by atoms with Crippen molar-refractivity contribution in [1.29, 1.82) is 0 Å². The summed E-state index contributed by atoms with van der Waals surface area (Å²) in [6, 6.07) is 12.0. The lowest BCUT2D eigenvalue weighted by Gasteiger charge is -2.22. The van der Waals surface area contributed by atoms with Gasteiger partial charge in [0.2, 0.25) is 0 Å². The number of fused-ring (bicyclic) bond motifs is 1. The number of halogens is 1. The molecule has 1 heterocycles. The van der Waals surface area contributed by atoms with Crippen LogP contribution in [0.4, 0.5) is 0 Å². The highest BCUT2D eigenvalue weighted by atomic mass is 35.5. The van der Waals surface area contributed by atoms with Crippen LogP contribution in [0.2, 0.25) is 5.02 Å². The molecular formula is C17H20ClNO. The maximum atomic E-state index is 6.22. The van der Waals surface area contributed by atoms with Crippen LogP contribution in [-0.4, -0.2) is 19.7 Å². The number of ether oxygens (including phenoxy) is 1. The molecule has 0 aromatic heterocycles. The van der Waals surface area contributed by atoms with E-state index in [2.05, 4.69) is 11.4 Å². The summed E-state index contributed by atoms with van der Waals surface area (Å²) in [6.45, 7) is 3.08. The Kier molecular flexibility index (Phi) is 4.44. The highest BCUT2D eigenvalue weighted by Gasteiger charge is 2.13. The smallest absolute Gasteiger partial charge is 0.127 e. The first-order valence-electron chi connectivity index (χ1n) is 7.35. The summed E-state index contributed by atoms with van der Waals surface area (Å²) >= 11 is 6.22. The highest BCUT2D eigenvalue weighted by molar-refractivity contribution is 6.35. The molecule has 1 aliphatic heterocycles. The van der Waals surface area contributed by atoms with Gasteiger partial charge >= 0.3 is 0 Å². The third kappa shape index (κ3) is 3.08. The van der Waals surface area contributed by atoms with Crippen LogP contribution in [0.1, 0.15) is 19.3 Å². The van der Waals surface area contributed by atoms with E-state index in [1.807, 2.05) is 30.3 Å². The molecule has 2 aromatic carbocycles. The number of piperidine rings is 1. The Balaban J connectivity index is 1.67. The minimum absolute atomic E-state index is 0.784. The summed E-state index contributed by atoms with van der Waals surface area (Å²) in [5.74, 6) is 1.74. The van der Waals surface area contributed by atoms with Crippen molar-refractivity contribution in [2.45, 2.75) is 19.3 Å². The maximum absolute atomic E-state index is 6.22. The molecule has 0 spiro atoms. The lowest BCUT2D eigenvalue weighted by atomic mass is 9.95. The zero-order valence-electron chi connectivity index (χ0n) is 11.6. The number of hydrogen-bond acceptors (Lipinski definition) is 2. The second kappa shape index (κ2) is 6.47. The molecule has 0 bridgehead atoms. The molecule has 1 aliphatic rings. The fourth-order valence-electron chi connectivity index (χ4n) is 2.87. The molecule has 2 nitrogen and oxygen atoms in total. The van der Waals surface area contributed by atoms with Gasteiger partial charge in [0, 0.05) is 15.8 Å². The second-order valence-electron chi connectivity index (χ2n) is 5.42. The Morgan fingerprint density at radius 1 is 1.05 bits per heavy atom. The van der Waals surface area contributed by atoms with Crippen LogP contribution in [0, 0.1) is 5.92 Å². The minimum Gasteiger partial charge on any atom is -0.493 e. The molecule has 0 saturated carbocycles. The molecule has 2 aromatic rings. The van der Waals surface area contributed by atoms with Crippen LogP contribution in [0.15, 0.2) is 36.4 Å². The monoisotopic (exact) mass is 289 g/mol. The quantitative estimate of drug-likeness (QED) is 0.908. The van der Waals surface area contributed by atoms with Crippen molar-refractivity contribution < 1.29 is 4.74 Å². The van der Waals surface area contributed by atoms with Crippen molar-refractivity contribution in [1.82, 2.24) is 5.32 Å². The van der Waals surface area contributed by atoms with E-state index >= 15 is 0 Å². The molecular weight excluding hydrogens is 270 g/mol. The fourth-order valence-corrected chi connectivity index (χ4v) is 3.09. The van der Waals surface area contributed by atoms with Crippen molar-refractivity contribution in [3.05, 3.63) is 41.4 Å². The zero-order valence-corrected chi connectivity index (χ0v) is 12.3. The van der Waals surface area contributed by atoms with E-state index in [9.17, 15) is 0 Å². The largest absolute Gasteiger partial charge is 0.493 e. The van der Waals surface area contributed by atoms with Crippen molar-refractivity contribution in [3.8, 4) is 5.75 Å². The Morgan fingerprint density at radius 3 is 2.60 bits per heavy atom. The minimum atomic E-state index is 0.784. The first kappa shape index (κ1) is 13.7. The van der Waals surface area contributed by atoms with E-state index in [1.54, 1.807) is 0 Å². The normalized spacial score (nSPS) is 16.4. The van der Waals surface area contributed by atoms with E-state index < -0.39 is 0 Å². The molecule has 0 amide bonds. The van der Waals surface area contributed by atoms with Crippen LogP contribution < -0.4 is 10.1 Å². The number of hydrogen-bond donors (Lipinski definition) is 1. The summed E-state index contributed by atoms with van der Waals surface area (Å²) in [5.41, 5.74) is 0. The third-order valence-electron chi connectivity index (χ3n) is 4.07. The molecule has 0 unspecified atom stereocenters. The van der Waals surface area contributed by atoms with Crippen molar-refractivity contribution in [3.63, 3.8) is 0 Å². The predicted molar refractivity (Wildman–Crippen MR) is 84.7 cm³/mol. The average Bonchev–Trinajstić information content (AvgIpc) is 2.51. The van der Waals surface area contributed by atoms with Gasteiger partial charge in [0.1, 0.15) is 5.75 Å². The summed E-state index contributed by atoms with van der Waals surface area (Å²) < 4.78 is 6.00. The first-order chi connectivity index (χ1) is 9.84. The third-order valence-corrected chi connectivity index (χ3v) is 4.40. The first-order valence-corrected chi connectivity index (χ1v) is 7.73.